The number of benzene rings is 2. The molecule has 0 spiro atoms. The third-order valence-electron chi connectivity index (χ3n) is 6.15. The van der Waals surface area contributed by atoms with Crippen molar-refractivity contribution in [2.24, 2.45) is 0 Å². The second kappa shape index (κ2) is 7.58. The number of carbonyl (C=O) groups excluding carboxylic acids is 1. The molecule has 3 rings (SSSR count). The molecule has 2 heteroatoms. The molecule has 148 valence electrons. The van der Waals surface area contributed by atoms with Crippen LogP contribution >= 0.6 is 0 Å². The van der Waals surface area contributed by atoms with E-state index in [1.165, 1.54) is 42.2 Å². The van der Waals surface area contributed by atoms with Gasteiger partial charge in [0, 0.05) is 0 Å². The second-order valence-corrected chi connectivity index (χ2v) is 9.43. The molecule has 0 atom stereocenters. The number of esters is 1. The first-order chi connectivity index (χ1) is 13.1. The molecule has 1 aliphatic carbocycles. The molecule has 0 bridgehead atoms. The Morgan fingerprint density at radius 2 is 1.57 bits per heavy atom. The lowest BCUT2D eigenvalue weighted by Crippen LogP contribution is -2.33. The van der Waals surface area contributed by atoms with Crippen molar-refractivity contribution in [1.29, 1.82) is 0 Å². The van der Waals surface area contributed by atoms with Gasteiger partial charge in [-0.05, 0) is 71.4 Å². The molecule has 0 saturated carbocycles. The lowest BCUT2D eigenvalue weighted by atomic mass is 9.63. The summed E-state index contributed by atoms with van der Waals surface area (Å²) in [5.41, 5.74) is 7.87. The molecule has 2 aromatic carbocycles. The maximum Gasteiger partial charge on any atom is 0.337 e. The van der Waals surface area contributed by atoms with Gasteiger partial charge in [0.2, 0.25) is 0 Å². The van der Waals surface area contributed by atoms with Crippen LogP contribution in [0.4, 0.5) is 0 Å². The third kappa shape index (κ3) is 4.22. The third-order valence-corrected chi connectivity index (χ3v) is 6.15. The first kappa shape index (κ1) is 20.4. The maximum atomic E-state index is 11.6. The normalized spacial score (nSPS) is 17.7. The fourth-order valence-electron chi connectivity index (χ4n) is 4.24. The van der Waals surface area contributed by atoms with Crippen LogP contribution in [0.1, 0.15) is 80.1 Å². The smallest absolute Gasteiger partial charge is 0.337 e. The molecule has 0 heterocycles. The predicted molar refractivity (Wildman–Crippen MR) is 117 cm³/mol. The van der Waals surface area contributed by atoms with Gasteiger partial charge in [-0.3, -0.25) is 0 Å². The molecule has 28 heavy (non-hydrogen) atoms. The molecular weight excluding hydrogens is 344 g/mol. The zero-order valence-corrected chi connectivity index (χ0v) is 18.1. The first-order valence-electron chi connectivity index (χ1n) is 10.1. The largest absolute Gasteiger partial charge is 0.465 e. The minimum absolute atomic E-state index is 0.238. The average molecular weight is 377 g/mol. The molecule has 0 aliphatic heterocycles. The lowest BCUT2D eigenvalue weighted by Gasteiger charge is -2.42. The van der Waals surface area contributed by atoms with Crippen molar-refractivity contribution in [3.63, 3.8) is 0 Å². The molecule has 0 N–H and O–H groups in total. The van der Waals surface area contributed by atoms with Crippen LogP contribution in [0.3, 0.4) is 0 Å². The first-order valence-corrected chi connectivity index (χ1v) is 10.1. The summed E-state index contributed by atoms with van der Waals surface area (Å²) in [6.07, 6.45) is 5.60. The second-order valence-electron chi connectivity index (χ2n) is 9.43. The minimum Gasteiger partial charge on any atom is -0.465 e. The number of ether oxygens (including phenoxy) is 1. The van der Waals surface area contributed by atoms with Gasteiger partial charge in [0.15, 0.2) is 0 Å². The number of allylic oxidation sites excluding steroid dienone is 1. The minimum atomic E-state index is -0.299. The highest BCUT2D eigenvalue weighted by atomic mass is 16.5. The van der Waals surface area contributed by atoms with E-state index in [4.69, 9.17) is 4.74 Å². The average Bonchev–Trinajstić information content (AvgIpc) is 2.65. The van der Waals surface area contributed by atoms with Crippen molar-refractivity contribution in [2.75, 3.05) is 7.11 Å². The Balaban J connectivity index is 1.82. The zero-order valence-electron chi connectivity index (χ0n) is 18.1. The molecule has 0 amide bonds. The van der Waals surface area contributed by atoms with Gasteiger partial charge >= 0.3 is 5.97 Å². The van der Waals surface area contributed by atoms with E-state index in [-0.39, 0.29) is 16.8 Å². The fraction of sp³-hybridized carbons (Fsp3) is 0.423. The Morgan fingerprint density at radius 1 is 0.964 bits per heavy atom. The Bertz CT molecular complexity index is 899. The summed E-state index contributed by atoms with van der Waals surface area (Å²) in [6, 6.07) is 14.6. The van der Waals surface area contributed by atoms with E-state index in [0.717, 1.165) is 12.0 Å². The molecule has 0 unspecified atom stereocenters. The van der Waals surface area contributed by atoms with E-state index < -0.39 is 0 Å². The zero-order chi connectivity index (χ0) is 20.5. The van der Waals surface area contributed by atoms with E-state index in [1.807, 2.05) is 24.3 Å². The molecule has 0 saturated heterocycles. The van der Waals surface area contributed by atoms with Crippen molar-refractivity contribution in [1.82, 2.24) is 0 Å². The summed E-state index contributed by atoms with van der Waals surface area (Å²) in [4.78, 5) is 11.6. The molecule has 0 fully saturated rings. The molecule has 2 aromatic rings. The molecule has 0 aromatic heterocycles. The molecule has 0 radical (unpaired) electrons. The van der Waals surface area contributed by atoms with Gasteiger partial charge in [0.05, 0.1) is 12.7 Å². The summed E-state index contributed by atoms with van der Waals surface area (Å²) in [5, 5.41) is 0. The molecule has 2 nitrogen and oxygen atoms in total. The van der Waals surface area contributed by atoms with Crippen LogP contribution < -0.4 is 0 Å². The van der Waals surface area contributed by atoms with Gasteiger partial charge < -0.3 is 4.74 Å². The van der Waals surface area contributed by atoms with Crippen molar-refractivity contribution >= 4 is 12.0 Å². The van der Waals surface area contributed by atoms with E-state index >= 15 is 0 Å². The Morgan fingerprint density at radius 3 is 2.18 bits per heavy atom. The van der Waals surface area contributed by atoms with Crippen LogP contribution in [-0.4, -0.2) is 13.1 Å². The summed E-state index contributed by atoms with van der Waals surface area (Å²) >= 11 is 0. The highest BCUT2D eigenvalue weighted by Crippen LogP contribution is 2.46. The van der Waals surface area contributed by atoms with Crippen LogP contribution in [0.5, 0.6) is 0 Å². The predicted octanol–water partition coefficient (Wildman–Crippen LogP) is 6.47. The van der Waals surface area contributed by atoms with Crippen LogP contribution in [0.2, 0.25) is 0 Å². The maximum absolute atomic E-state index is 11.6. The van der Waals surface area contributed by atoms with Gasteiger partial charge in [0.1, 0.15) is 0 Å². The van der Waals surface area contributed by atoms with Crippen LogP contribution in [0.15, 0.2) is 48.0 Å². The molecular formula is C26H32O2. The number of rotatable bonds is 4. The van der Waals surface area contributed by atoms with Crippen LogP contribution in [0, 0.1) is 0 Å². The topological polar surface area (TPSA) is 26.3 Å². The van der Waals surface area contributed by atoms with Crippen LogP contribution in [-0.2, 0) is 22.0 Å². The van der Waals surface area contributed by atoms with Gasteiger partial charge in [0.25, 0.3) is 0 Å². The number of fused-ring (bicyclic) bond motifs is 1. The highest BCUT2D eigenvalue weighted by molar-refractivity contribution is 5.89. The summed E-state index contributed by atoms with van der Waals surface area (Å²) in [6.45, 7) is 11.6. The summed E-state index contributed by atoms with van der Waals surface area (Å²) in [5.74, 6) is -0.299. The van der Waals surface area contributed by atoms with Crippen molar-refractivity contribution in [3.8, 4) is 0 Å². The number of hydrogen-bond acceptors (Lipinski definition) is 2. The molecule has 1 aliphatic rings. The fourth-order valence-corrected chi connectivity index (χ4v) is 4.24. The SMILES string of the molecule is COC(=O)c1ccc(C=C(C)Cc2ccc3c(c2)C(C)(C)CCC3(C)C)cc1. The number of carbonyl (C=O) groups is 1. The van der Waals surface area contributed by atoms with E-state index in [9.17, 15) is 4.79 Å². The summed E-state index contributed by atoms with van der Waals surface area (Å²) < 4.78 is 4.76. The van der Waals surface area contributed by atoms with Gasteiger partial charge in [-0.2, -0.15) is 0 Å². The van der Waals surface area contributed by atoms with E-state index in [1.54, 1.807) is 0 Å². The lowest BCUT2D eigenvalue weighted by molar-refractivity contribution is 0.0600. The van der Waals surface area contributed by atoms with Crippen LogP contribution in [0.25, 0.3) is 6.08 Å². The van der Waals surface area contributed by atoms with Crippen molar-refractivity contribution in [2.45, 2.75) is 64.7 Å². The van der Waals surface area contributed by atoms with Gasteiger partial charge in [-0.25, -0.2) is 4.79 Å². The summed E-state index contributed by atoms with van der Waals surface area (Å²) in [7, 11) is 1.40. The van der Waals surface area contributed by atoms with Gasteiger partial charge in [-0.15, -0.1) is 0 Å². The van der Waals surface area contributed by atoms with E-state index in [0.29, 0.717) is 5.56 Å². The quantitative estimate of drug-likeness (QED) is 0.572. The van der Waals surface area contributed by atoms with Crippen molar-refractivity contribution in [3.05, 3.63) is 75.9 Å². The van der Waals surface area contributed by atoms with Crippen molar-refractivity contribution < 1.29 is 9.53 Å². The standard InChI is InChI=1S/C26H32O2/c1-18(15-19-7-10-21(11-8-19)24(27)28-6)16-20-9-12-22-23(17-20)26(4,5)14-13-25(22,2)3/h7-12,15,17H,13-14,16H2,1-6H3. The Labute approximate surface area is 169 Å². The highest BCUT2D eigenvalue weighted by Gasteiger charge is 2.36. The van der Waals surface area contributed by atoms with Gasteiger partial charge in [-0.1, -0.05) is 69.7 Å². The Kier molecular flexibility index (Phi) is 5.52. The number of methoxy groups -OCH3 is 1. The number of hydrogen-bond donors (Lipinski definition) is 0. The van der Waals surface area contributed by atoms with E-state index in [2.05, 4.69) is 58.9 Å². The Hall–Kier alpha value is -2.35. The monoisotopic (exact) mass is 376 g/mol.